The maximum Gasteiger partial charge on any atom is 0.109 e. The summed E-state index contributed by atoms with van der Waals surface area (Å²) in [7, 11) is 0. The van der Waals surface area contributed by atoms with Gasteiger partial charge in [0.2, 0.25) is 0 Å². The zero-order valence-corrected chi connectivity index (χ0v) is 13.9. The van der Waals surface area contributed by atoms with Crippen LogP contribution in [-0.2, 0) is 19.5 Å². The summed E-state index contributed by atoms with van der Waals surface area (Å²) in [4.78, 5) is 4.43. The van der Waals surface area contributed by atoms with Crippen LogP contribution in [0.5, 0.6) is 0 Å². The van der Waals surface area contributed by atoms with Crippen molar-refractivity contribution >= 4 is 26.7 Å². The van der Waals surface area contributed by atoms with E-state index in [1.165, 1.54) is 22.2 Å². The fraction of sp³-hybridized carbons (Fsp3) is 0.278. The molecule has 1 atom stereocenters. The summed E-state index contributed by atoms with van der Waals surface area (Å²) in [5.41, 5.74) is 1.34. The monoisotopic (exact) mass is 355 g/mol. The Morgan fingerprint density at radius 3 is 2.95 bits per heavy atom. The van der Waals surface area contributed by atoms with Gasteiger partial charge in [-0.1, -0.05) is 36.4 Å². The molecule has 4 rings (SSSR count). The summed E-state index contributed by atoms with van der Waals surface area (Å²) in [6, 6.07) is 15.7. The normalized spacial score (nSPS) is 17.6. The van der Waals surface area contributed by atoms with Crippen molar-refractivity contribution in [1.82, 2.24) is 14.9 Å². The minimum absolute atomic E-state index is 0.504. The Kier molecular flexibility index (Phi) is 3.72. The van der Waals surface area contributed by atoms with Crippen LogP contribution in [0.4, 0.5) is 0 Å². The first-order valence-electron chi connectivity index (χ1n) is 7.70. The van der Waals surface area contributed by atoms with Crippen LogP contribution in [0.2, 0.25) is 0 Å². The Hall–Kier alpha value is -1.65. The predicted molar refractivity (Wildman–Crippen MR) is 92.8 cm³/mol. The van der Waals surface area contributed by atoms with Crippen molar-refractivity contribution in [3.05, 3.63) is 64.7 Å². The highest BCUT2D eigenvalue weighted by atomic mass is 79.9. The third kappa shape index (κ3) is 2.69. The predicted octanol–water partition coefficient (Wildman–Crippen LogP) is 3.90. The van der Waals surface area contributed by atoms with Crippen LogP contribution in [-0.4, -0.2) is 15.6 Å². The molecule has 1 unspecified atom stereocenters. The highest BCUT2D eigenvalue weighted by Crippen LogP contribution is 2.21. The molecule has 0 fully saturated rings. The minimum atomic E-state index is 0.504. The van der Waals surface area contributed by atoms with E-state index in [2.05, 4.69) is 73.3 Å². The number of benzene rings is 2. The largest absolute Gasteiger partial charge is 0.321 e. The molecule has 1 aliphatic rings. The van der Waals surface area contributed by atoms with Crippen molar-refractivity contribution in [2.24, 2.45) is 0 Å². The number of halogens is 1. The molecule has 1 N–H and O–H groups in total. The molecule has 0 amide bonds. The van der Waals surface area contributed by atoms with Gasteiger partial charge < -0.3 is 9.88 Å². The third-order valence-electron chi connectivity index (χ3n) is 4.42. The topological polar surface area (TPSA) is 29.9 Å². The Morgan fingerprint density at radius 2 is 2.05 bits per heavy atom. The van der Waals surface area contributed by atoms with Gasteiger partial charge in [-0.15, -0.1) is 0 Å². The van der Waals surface area contributed by atoms with Crippen molar-refractivity contribution in [1.29, 1.82) is 0 Å². The molecule has 22 heavy (non-hydrogen) atoms. The molecule has 2 aromatic carbocycles. The first kappa shape index (κ1) is 14.0. The second-order valence-corrected chi connectivity index (χ2v) is 6.72. The van der Waals surface area contributed by atoms with Crippen molar-refractivity contribution in [3.8, 4) is 0 Å². The van der Waals surface area contributed by atoms with Gasteiger partial charge in [-0.2, -0.15) is 0 Å². The van der Waals surface area contributed by atoms with E-state index in [0.717, 1.165) is 30.5 Å². The molecule has 0 saturated carbocycles. The lowest BCUT2D eigenvalue weighted by atomic mass is 10.0. The highest BCUT2D eigenvalue weighted by molar-refractivity contribution is 9.10. The van der Waals surface area contributed by atoms with E-state index in [1.807, 2.05) is 6.20 Å². The average Bonchev–Trinajstić information content (AvgIpc) is 2.93. The van der Waals surface area contributed by atoms with Crippen molar-refractivity contribution in [3.63, 3.8) is 0 Å². The van der Waals surface area contributed by atoms with E-state index in [4.69, 9.17) is 0 Å². The van der Waals surface area contributed by atoms with Gasteiger partial charge in [0, 0.05) is 25.6 Å². The lowest BCUT2D eigenvalue weighted by molar-refractivity contribution is 0.376. The van der Waals surface area contributed by atoms with Gasteiger partial charge in [0.25, 0.3) is 0 Å². The van der Waals surface area contributed by atoms with Crippen LogP contribution < -0.4 is 5.32 Å². The zero-order valence-electron chi connectivity index (χ0n) is 12.3. The molecule has 1 aliphatic heterocycles. The van der Waals surface area contributed by atoms with Gasteiger partial charge in [0.05, 0.1) is 6.20 Å². The molecule has 0 spiro atoms. The first-order chi connectivity index (χ1) is 10.8. The van der Waals surface area contributed by atoms with Crippen molar-refractivity contribution in [2.75, 3.05) is 0 Å². The molecule has 0 aliphatic carbocycles. The number of aryl methyl sites for hydroxylation is 1. The maximum absolute atomic E-state index is 4.43. The Morgan fingerprint density at radius 1 is 1.18 bits per heavy atom. The number of hydrogen-bond donors (Lipinski definition) is 1. The molecular formula is C18H18BrN3. The summed E-state index contributed by atoms with van der Waals surface area (Å²) in [6.45, 7) is 1.90. The smallest absolute Gasteiger partial charge is 0.109 e. The number of rotatable bonds is 3. The molecule has 0 radical (unpaired) electrons. The summed E-state index contributed by atoms with van der Waals surface area (Å²) < 4.78 is 3.35. The number of aromatic nitrogens is 2. The van der Waals surface area contributed by atoms with Crippen LogP contribution in [0, 0.1) is 0 Å². The van der Waals surface area contributed by atoms with Gasteiger partial charge in [-0.3, -0.25) is 0 Å². The fourth-order valence-electron chi connectivity index (χ4n) is 3.18. The number of imidazole rings is 1. The van der Waals surface area contributed by atoms with E-state index >= 15 is 0 Å². The number of nitrogens with one attached hydrogen (secondary N) is 1. The van der Waals surface area contributed by atoms with E-state index in [0.29, 0.717) is 6.04 Å². The average molecular weight is 356 g/mol. The molecule has 112 valence electrons. The molecule has 4 heteroatoms. The van der Waals surface area contributed by atoms with Crippen molar-refractivity contribution in [2.45, 2.75) is 32.0 Å². The van der Waals surface area contributed by atoms with Crippen LogP contribution in [0.15, 0.2) is 53.3 Å². The summed E-state index contributed by atoms with van der Waals surface area (Å²) in [5, 5.41) is 6.30. The van der Waals surface area contributed by atoms with Crippen molar-refractivity contribution < 1.29 is 0 Å². The molecular weight excluding hydrogens is 338 g/mol. The quantitative estimate of drug-likeness (QED) is 0.771. The zero-order chi connectivity index (χ0) is 14.9. The second-order valence-electron chi connectivity index (χ2n) is 5.91. The number of hydrogen-bond acceptors (Lipinski definition) is 2. The van der Waals surface area contributed by atoms with Crippen LogP contribution >= 0.6 is 15.9 Å². The fourth-order valence-corrected chi connectivity index (χ4v) is 3.63. The van der Waals surface area contributed by atoms with E-state index in [9.17, 15) is 0 Å². The second kappa shape index (κ2) is 5.86. The number of nitrogens with zero attached hydrogens (tertiary/aromatic N) is 2. The van der Waals surface area contributed by atoms with E-state index in [-0.39, 0.29) is 0 Å². The highest BCUT2D eigenvalue weighted by Gasteiger charge is 2.20. The molecule has 1 aromatic heterocycles. The van der Waals surface area contributed by atoms with Gasteiger partial charge >= 0.3 is 0 Å². The molecule has 0 bridgehead atoms. The Balaban J connectivity index is 1.45. The summed E-state index contributed by atoms with van der Waals surface area (Å²) in [5.74, 6) is 1.19. The van der Waals surface area contributed by atoms with E-state index < -0.39 is 0 Å². The van der Waals surface area contributed by atoms with Crippen LogP contribution in [0.25, 0.3) is 10.8 Å². The first-order valence-corrected chi connectivity index (χ1v) is 8.50. The standard InChI is InChI=1S/C18H18BrN3/c19-17-11-21-18-8-7-16(12-22(17)18)20-10-13-5-6-14-3-1-2-4-15(14)9-13/h1-6,9,11,16,20H,7-8,10,12H2. The molecule has 3 nitrogen and oxygen atoms in total. The third-order valence-corrected chi connectivity index (χ3v) is 5.05. The summed E-state index contributed by atoms with van der Waals surface area (Å²) in [6.07, 6.45) is 4.10. The van der Waals surface area contributed by atoms with Crippen LogP contribution in [0.3, 0.4) is 0 Å². The molecule has 3 aromatic rings. The summed E-state index contributed by atoms with van der Waals surface area (Å²) >= 11 is 3.58. The van der Waals surface area contributed by atoms with Gasteiger partial charge in [0.1, 0.15) is 10.4 Å². The van der Waals surface area contributed by atoms with E-state index in [1.54, 1.807) is 0 Å². The number of fused-ring (bicyclic) bond motifs is 2. The lowest BCUT2D eigenvalue weighted by Crippen LogP contribution is -2.37. The molecule has 0 saturated heterocycles. The SMILES string of the molecule is Brc1cnc2n1CC(NCc1ccc3ccccc3c1)CC2. The Bertz CT molecular complexity index is 809. The van der Waals surface area contributed by atoms with Gasteiger partial charge in [-0.05, 0) is 44.8 Å². The van der Waals surface area contributed by atoms with Gasteiger partial charge in [-0.25, -0.2) is 4.98 Å². The minimum Gasteiger partial charge on any atom is -0.321 e. The van der Waals surface area contributed by atoms with Gasteiger partial charge in [0.15, 0.2) is 0 Å². The molecule has 2 heterocycles. The Labute approximate surface area is 138 Å². The maximum atomic E-state index is 4.43. The lowest BCUT2D eigenvalue weighted by Gasteiger charge is -2.25. The van der Waals surface area contributed by atoms with Crippen LogP contribution in [0.1, 0.15) is 17.8 Å².